The van der Waals surface area contributed by atoms with E-state index in [9.17, 15) is 13.9 Å². The zero-order valence-corrected chi connectivity index (χ0v) is 8.61. The van der Waals surface area contributed by atoms with E-state index in [1.54, 1.807) is 0 Å². The molecule has 0 aliphatic rings. The lowest BCUT2D eigenvalue weighted by Crippen LogP contribution is -1.93. The summed E-state index contributed by atoms with van der Waals surface area (Å²) in [4.78, 5) is 3.60. The molecule has 0 bridgehead atoms. The summed E-state index contributed by atoms with van der Waals surface area (Å²) in [5.41, 5.74) is -0.210. The highest BCUT2D eigenvalue weighted by Gasteiger charge is 2.16. The van der Waals surface area contributed by atoms with Crippen LogP contribution in [-0.2, 0) is 5.33 Å². The quantitative estimate of drug-likeness (QED) is 0.662. The summed E-state index contributed by atoms with van der Waals surface area (Å²) >= 11 is 8.49. The van der Waals surface area contributed by atoms with Crippen LogP contribution in [0.2, 0.25) is 5.15 Å². The van der Waals surface area contributed by atoms with Gasteiger partial charge in [-0.3, -0.25) is 0 Å². The third-order valence-electron chi connectivity index (χ3n) is 1.42. The molecule has 13 heavy (non-hydrogen) atoms. The van der Waals surface area contributed by atoms with Gasteiger partial charge in [0.05, 0.1) is 11.3 Å². The lowest BCUT2D eigenvalue weighted by Gasteiger charge is -2.05. The fourth-order valence-electron chi connectivity index (χ4n) is 0.782. The molecule has 0 unspecified atom stereocenters. The highest BCUT2D eigenvalue weighted by Crippen LogP contribution is 2.30. The molecule has 0 fully saturated rings. The highest BCUT2D eigenvalue weighted by molar-refractivity contribution is 9.08. The average Bonchev–Trinajstić information content (AvgIpc) is 2.07. The first kappa shape index (κ1) is 10.7. The first-order chi connectivity index (χ1) is 6.06. The highest BCUT2D eigenvalue weighted by atomic mass is 79.9. The smallest absolute Gasteiger partial charge is 0.266 e. The van der Waals surface area contributed by atoms with E-state index in [0.29, 0.717) is 0 Å². The van der Waals surface area contributed by atoms with Crippen molar-refractivity contribution in [1.29, 1.82) is 0 Å². The van der Waals surface area contributed by atoms with Crippen LogP contribution in [0.25, 0.3) is 0 Å². The number of hydrogen-bond donors (Lipinski definition) is 1. The number of rotatable bonds is 2. The largest absolute Gasteiger partial charge is 0.506 e. The van der Waals surface area contributed by atoms with E-state index >= 15 is 0 Å². The molecule has 1 heterocycles. The predicted octanol–water partition coefficient (Wildman–Crippen LogP) is 3.27. The maximum atomic E-state index is 12.2. The van der Waals surface area contributed by atoms with Gasteiger partial charge in [-0.2, -0.15) is 0 Å². The van der Waals surface area contributed by atoms with Crippen molar-refractivity contribution in [1.82, 2.24) is 4.98 Å². The molecule has 6 heteroatoms. The Bertz CT molecular complexity index is 322. The van der Waals surface area contributed by atoms with Gasteiger partial charge >= 0.3 is 0 Å². The number of hydrogen-bond acceptors (Lipinski definition) is 2. The Morgan fingerprint density at radius 3 is 2.69 bits per heavy atom. The van der Waals surface area contributed by atoms with Gasteiger partial charge in [0.25, 0.3) is 6.43 Å². The van der Waals surface area contributed by atoms with Gasteiger partial charge in [-0.05, 0) is 6.07 Å². The molecule has 2 nitrogen and oxygen atoms in total. The van der Waals surface area contributed by atoms with Crippen LogP contribution >= 0.6 is 27.5 Å². The van der Waals surface area contributed by atoms with Crippen molar-refractivity contribution < 1.29 is 13.9 Å². The van der Waals surface area contributed by atoms with Gasteiger partial charge in [0.1, 0.15) is 10.9 Å². The molecule has 1 rings (SSSR count). The molecule has 1 aromatic heterocycles. The lowest BCUT2D eigenvalue weighted by molar-refractivity contribution is 0.150. The standard InChI is InChI=1S/C7H5BrClF2NO/c8-2-4-5(13)1-3(7(10)11)6(9)12-4/h1,7,13H,2H2. The van der Waals surface area contributed by atoms with Gasteiger partial charge in [-0.1, -0.05) is 27.5 Å². The van der Waals surface area contributed by atoms with Crippen LogP contribution in [0.15, 0.2) is 6.07 Å². The summed E-state index contributed by atoms with van der Waals surface area (Å²) in [6.07, 6.45) is -2.73. The lowest BCUT2D eigenvalue weighted by atomic mass is 10.2. The minimum atomic E-state index is -2.73. The van der Waals surface area contributed by atoms with Crippen LogP contribution in [0.5, 0.6) is 5.75 Å². The van der Waals surface area contributed by atoms with Crippen molar-refractivity contribution in [2.75, 3.05) is 0 Å². The molecule has 0 saturated carbocycles. The number of aromatic nitrogens is 1. The summed E-state index contributed by atoms with van der Waals surface area (Å²) < 4.78 is 24.4. The summed E-state index contributed by atoms with van der Waals surface area (Å²) in [5.74, 6) is -0.281. The summed E-state index contributed by atoms with van der Waals surface area (Å²) in [6, 6.07) is 0.927. The monoisotopic (exact) mass is 271 g/mol. The maximum absolute atomic E-state index is 12.2. The van der Waals surface area contributed by atoms with Crippen LogP contribution in [0, 0.1) is 0 Å². The molecule has 1 N–H and O–H groups in total. The van der Waals surface area contributed by atoms with Gasteiger partial charge < -0.3 is 5.11 Å². The van der Waals surface area contributed by atoms with Gasteiger partial charge in [-0.25, -0.2) is 13.8 Å². The minimum absolute atomic E-state index is 0.245. The first-order valence-electron chi connectivity index (χ1n) is 3.28. The number of aromatic hydroxyl groups is 1. The zero-order chi connectivity index (χ0) is 10.0. The van der Waals surface area contributed by atoms with Crippen molar-refractivity contribution in [3.63, 3.8) is 0 Å². The van der Waals surface area contributed by atoms with Crippen molar-refractivity contribution in [2.24, 2.45) is 0 Å². The molecule has 0 spiro atoms. The Labute approximate surface area is 86.7 Å². The average molecular weight is 272 g/mol. The molecule has 72 valence electrons. The van der Waals surface area contributed by atoms with Crippen molar-refractivity contribution in [2.45, 2.75) is 11.8 Å². The molecule has 0 aliphatic heterocycles. The van der Waals surface area contributed by atoms with Gasteiger partial charge in [0.15, 0.2) is 0 Å². The first-order valence-corrected chi connectivity index (χ1v) is 4.78. The van der Waals surface area contributed by atoms with E-state index in [1.165, 1.54) is 0 Å². The van der Waals surface area contributed by atoms with E-state index in [1.807, 2.05) is 0 Å². The molecule has 0 radical (unpaired) electrons. The molecule has 0 aliphatic carbocycles. The molecule has 0 amide bonds. The summed E-state index contributed by atoms with van der Waals surface area (Å²) in [7, 11) is 0. The fraction of sp³-hybridized carbons (Fsp3) is 0.286. The number of halogens is 4. The Kier molecular flexibility index (Phi) is 3.44. The molecule has 0 saturated heterocycles. The fourth-order valence-corrected chi connectivity index (χ4v) is 1.43. The number of alkyl halides is 3. The van der Waals surface area contributed by atoms with E-state index < -0.39 is 12.0 Å². The second-order valence-electron chi connectivity index (χ2n) is 2.27. The van der Waals surface area contributed by atoms with Crippen molar-refractivity contribution in [3.05, 3.63) is 22.5 Å². The van der Waals surface area contributed by atoms with E-state index in [4.69, 9.17) is 11.6 Å². The molecule has 0 atom stereocenters. The van der Waals surface area contributed by atoms with E-state index in [2.05, 4.69) is 20.9 Å². The summed E-state index contributed by atoms with van der Waals surface area (Å²) in [6.45, 7) is 0. The topological polar surface area (TPSA) is 33.1 Å². The Hall–Kier alpha value is -0.420. The van der Waals surface area contributed by atoms with Gasteiger partial charge in [0, 0.05) is 5.33 Å². The van der Waals surface area contributed by atoms with Crippen molar-refractivity contribution >= 4 is 27.5 Å². The van der Waals surface area contributed by atoms with Crippen LogP contribution in [0.1, 0.15) is 17.7 Å². The number of nitrogens with zero attached hydrogens (tertiary/aromatic N) is 1. The third kappa shape index (κ3) is 2.28. The number of pyridine rings is 1. The molecular weight excluding hydrogens is 267 g/mol. The SMILES string of the molecule is Oc1cc(C(F)F)c(Cl)nc1CBr. The predicted molar refractivity (Wildman–Crippen MR) is 48.5 cm³/mol. The van der Waals surface area contributed by atoms with E-state index in [0.717, 1.165) is 6.07 Å². The van der Waals surface area contributed by atoms with Crippen LogP contribution in [0.4, 0.5) is 8.78 Å². The van der Waals surface area contributed by atoms with Crippen molar-refractivity contribution in [3.8, 4) is 5.75 Å². The molecule has 1 aromatic rings. The minimum Gasteiger partial charge on any atom is -0.506 e. The van der Waals surface area contributed by atoms with E-state index in [-0.39, 0.29) is 21.9 Å². The van der Waals surface area contributed by atoms with Gasteiger partial charge in [0.2, 0.25) is 0 Å². The third-order valence-corrected chi connectivity index (χ3v) is 2.25. The summed E-state index contributed by atoms with van der Waals surface area (Å²) in [5, 5.41) is 9.17. The Balaban J connectivity index is 3.20. The molecule has 0 aromatic carbocycles. The van der Waals surface area contributed by atoms with Crippen LogP contribution in [0.3, 0.4) is 0 Å². The molecular formula is C7H5BrClF2NO. The van der Waals surface area contributed by atoms with Gasteiger partial charge in [-0.15, -0.1) is 0 Å². The second kappa shape index (κ2) is 4.19. The Morgan fingerprint density at radius 1 is 1.62 bits per heavy atom. The maximum Gasteiger partial charge on any atom is 0.266 e. The Morgan fingerprint density at radius 2 is 2.23 bits per heavy atom. The van der Waals surface area contributed by atoms with Crippen LogP contribution < -0.4 is 0 Å². The van der Waals surface area contributed by atoms with Crippen LogP contribution in [-0.4, -0.2) is 10.1 Å². The second-order valence-corrected chi connectivity index (χ2v) is 3.19. The zero-order valence-electron chi connectivity index (χ0n) is 6.27. The normalized spacial score (nSPS) is 10.8.